The summed E-state index contributed by atoms with van der Waals surface area (Å²) in [5.41, 5.74) is 6.67. The molecule has 2 atom stereocenters. The Balaban J connectivity index is 0.00000128. The van der Waals surface area contributed by atoms with E-state index in [1.54, 1.807) is 0 Å². The summed E-state index contributed by atoms with van der Waals surface area (Å²) < 4.78 is 5.68. The SMILES string of the molecule is CC1CN(Cc2csc(N)n2)CC(C)O1.Cl.Cl. The molecule has 0 radical (unpaired) electrons. The van der Waals surface area contributed by atoms with Crippen molar-refractivity contribution in [2.75, 3.05) is 18.8 Å². The van der Waals surface area contributed by atoms with Crippen LogP contribution in [0.2, 0.25) is 0 Å². The minimum atomic E-state index is 0. The van der Waals surface area contributed by atoms with Crippen LogP contribution in [-0.4, -0.2) is 35.2 Å². The second-order valence-corrected chi connectivity index (χ2v) is 5.02. The molecule has 7 heteroatoms. The van der Waals surface area contributed by atoms with Gasteiger partial charge in [0.15, 0.2) is 5.13 Å². The molecule has 1 aliphatic heterocycles. The molecule has 2 heterocycles. The van der Waals surface area contributed by atoms with Gasteiger partial charge in [0.1, 0.15) is 0 Å². The van der Waals surface area contributed by atoms with Gasteiger partial charge in [0.25, 0.3) is 0 Å². The Bertz CT molecular complexity index is 327. The highest BCUT2D eigenvalue weighted by Gasteiger charge is 2.22. The van der Waals surface area contributed by atoms with Crippen LogP contribution in [0, 0.1) is 0 Å². The standard InChI is InChI=1S/C10H17N3OS.2ClH/c1-7-3-13(4-8(2)14-7)5-9-6-15-10(11)12-9;;/h6-8H,3-5H2,1-2H3,(H2,11,12);2*1H. The molecule has 2 unspecified atom stereocenters. The summed E-state index contributed by atoms with van der Waals surface area (Å²) in [5, 5.41) is 2.68. The maximum atomic E-state index is 5.68. The molecule has 0 amide bonds. The van der Waals surface area contributed by atoms with Crippen LogP contribution in [-0.2, 0) is 11.3 Å². The second kappa shape index (κ2) is 7.38. The zero-order chi connectivity index (χ0) is 10.8. The number of rotatable bonds is 2. The summed E-state index contributed by atoms with van der Waals surface area (Å²) in [5.74, 6) is 0. The van der Waals surface area contributed by atoms with Crippen molar-refractivity contribution in [3.05, 3.63) is 11.1 Å². The Labute approximate surface area is 118 Å². The topological polar surface area (TPSA) is 51.4 Å². The number of hydrogen-bond acceptors (Lipinski definition) is 5. The van der Waals surface area contributed by atoms with E-state index in [9.17, 15) is 0 Å². The van der Waals surface area contributed by atoms with Crippen LogP contribution >= 0.6 is 36.2 Å². The van der Waals surface area contributed by atoms with Gasteiger partial charge in [-0.15, -0.1) is 36.2 Å². The third-order valence-corrected chi connectivity index (χ3v) is 3.17. The van der Waals surface area contributed by atoms with E-state index in [4.69, 9.17) is 10.5 Å². The van der Waals surface area contributed by atoms with E-state index in [0.717, 1.165) is 25.3 Å². The van der Waals surface area contributed by atoms with Crippen molar-refractivity contribution < 1.29 is 4.74 Å². The molecule has 0 saturated carbocycles. The van der Waals surface area contributed by atoms with Crippen LogP contribution in [0.25, 0.3) is 0 Å². The zero-order valence-corrected chi connectivity index (χ0v) is 12.4. The van der Waals surface area contributed by atoms with Gasteiger partial charge >= 0.3 is 0 Å². The van der Waals surface area contributed by atoms with E-state index in [2.05, 4.69) is 23.7 Å². The van der Waals surface area contributed by atoms with E-state index < -0.39 is 0 Å². The minimum Gasteiger partial charge on any atom is -0.375 e. The first kappa shape index (κ1) is 16.9. The summed E-state index contributed by atoms with van der Waals surface area (Å²) in [4.78, 5) is 6.64. The van der Waals surface area contributed by atoms with Crippen molar-refractivity contribution in [3.8, 4) is 0 Å². The number of halogens is 2. The van der Waals surface area contributed by atoms with Gasteiger partial charge in [0.2, 0.25) is 0 Å². The lowest BCUT2D eigenvalue weighted by Gasteiger charge is -2.34. The molecule has 100 valence electrons. The summed E-state index contributed by atoms with van der Waals surface area (Å²) >= 11 is 1.50. The first-order chi connectivity index (χ1) is 7.13. The summed E-state index contributed by atoms with van der Waals surface area (Å²) in [6.07, 6.45) is 0.620. The van der Waals surface area contributed by atoms with Crippen LogP contribution < -0.4 is 5.73 Å². The fourth-order valence-electron chi connectivity index (χ4n) is 2.04. The molecule has 1 aromatic rings. The second-order valence-electron chi connectivity index (χ2n) is 4.13. The van der Waals surface area contributed by atoms with Gasteiger partial charge in [-0.3, -0.25) is 4.90 Å². The van der Waals surface area contributed by atoms with Gasteiger partial charge < -0.3 is 10.5 Å². The van der Waals surface area contributed by atoms with Crippen molar-refractivity contribution >= 4 is 41.3 Å². The van der Waals surface area contributed by atoms with Crippen LogP contribution in [0.5, 0.6) is 0 Å². The summed E-state index contributed by atoms with van der Waals surface area (Å²) in [7, 11) is 0. The first-order valence-corrected chi connectivity index (χ1v) is 6.09. The van der Waals surface area contributed by atoms with Gasteiger partial charge in [-0.05, 0) is 13.8 Å². The van der Waals surface area contributed by atoms with Gasteiger partial charge in [-0.25, -0.2) is 4.98 Å². The van der Waals surface area contributed by atoms with Crippen LogP contribution in [0.1, 0.15) is 19.5 Å². The molecule has 2 N–H and O–H groups in total. The third kappa shape index (κ3) is 4.97. The predicted octanol–water partition coefficient (Wildman–Crippen LogP) is 2.18. The lowest BCUT2D eigenvalue weighted by Crippen LogP contribution is -2.44. The minimum absolute atomic E-state index is 0. The number of thiazole rings is 1. The largest absolute Gasteiger partial charge is 0.375 e. The molecule has 17 heavy (non-hydrogen) atoms. The lowest BCUT2D eigenvalue weighted by molar-refractivity contribution is -0.0707. The van der Waals surface area contributed by atoms with Gasteiger partial charge in [-0.2, -0.15) is 0 Å². The predicted molar refractivity (Wildman–Crippen MR) is 76.3 cm³/mol. The average Bonchev–Trinajstić information content (AvgIpc) is 2.49. The number of aromatic nitrogens is 1. The Hall–Kier alpha value is -0.0700. The number of anilines is 1. The molecular weight excluding hydrogens is 281 g/mol. The molecule has 0 aromatic carbocycles. The van der Waals surface area contributed by atoms with E-state index in [1.165, 1.54) is 11.3 Å². The fraction of sp³-hybridized carbons (Fsp3) is 0.700. The Morgan fingerprint density at radius 2 is 2.00 bits per heavy atom. The van der Waals surface area contributed by atoms with Gasteiger partial charge in [-0.1, -0.05) is 0 Å². The van der Waals surface area contributed by atoms with Gasteiger partial charge in [0, 0.05) is 25.0 Å². The number of nitrogen functional groups attached to an aromatic ring is 1. The van der Waals surface area contributed by atoms with E-state index in [0.29, 0.717) is 17.3 Å². The molecule has 1 aromatic heterocycles. The monoisotopic (exact) mass is 299 g/mol. The van der Waals surface area contributed by atoms with Crippen molar-refractivity contribution in [1.82, 2.24) is 9.88 Å². The van der Waals surface area contributed by atoms with E-state index in [1.807, 2.05) is 5.38 Å². The summed E-state index contributed by atoms with van der Waals surface area (Å²) in [6.45, 7) is 7.05. The van der Waals surface area contributed by atoms with Crippen LogP contribution in [0.15, 0.2) is 5.38 Å². The molecule has 0 bridgehead atoms. The quantitative estimate of drug-likeness (QED) is 0.909. The molecular formula is C10H19Cl2N3OS. The molecule has 0 spiro atoms. The van der Waals surface area contributed by atoms with Crippen molar-refractivity contribution in [1.29, 1.82) is 0 Å². The van der Waals surface area contributed by atoms with Gasteiger partial charge in [0.05, 0.1) is 17.9 Å². The lowest BCUT2D eigenvalue weighted by atomic mass is 10.2. The highest BCUT2D eigenvalue weighted by atomic mass is 35.5. The molecule has 4 nitrogen and oxygen atoms in total. The smallest absolute Gasteiger partial charge is 0.180 e. The normalized spacial score (nSPS) is 24.8. The number of hydrogen-bond donors (Lipinski definition) is 1. The number of ether oxygens (including phenoxy) is 1. The Morgan fingerprint density at radius 3 is 2.47 bits per heavy atom. The highest BCUT2D eigenvalue weighted by molar-refractivity contribution is 7.13. The Kier molecular flexibility index (Phi) is 7.35. The van der Waals surface area contributed by atoms with E-state index >= 15 is 0 Å². The highest BCUT2D eigenvalue weighted by Crippen LogP contribution is 2.16. The van der Waals surface area contributed by atoms with Crippen molar-refractivity contribution in [2.24, 2.45) is 0 Å². The maximum Gasteiger partial charge on any atom is 0.180 e. The molecule has 1 aliphatic rings. The Morgan fingerprint density at radius 1 is 1.41 bits per heavy atom. The molecule has 1 fully saturated rings. The first-order valence-electron chi connectivity index (χ1n) is 5.21. The maximum absolute atomic E-state index is 5.68. The number of nitrogens with two attached hydrogens (primary N) is 1. The summed E-state index contributed by atoms with van der Waals surface area (Å²) in [6, 6.07) is 0. The number of morpholine rings is 1. The molecule has 1 saturated heterocycles. The molecule has 0 aliphatic carbocycles. The van der Waals surface area contributed by atoms with Crippen LogP contribution in [0.3, 0.4) is 0 Å². The molecule has 2 rings (SSSR count). The number of nitrogens with zero attached hydrogens (tertiary/aromatic N) is 2. The van der Waals surface area contributed by atoms with Crippen molar-refractivity contribution in [2.45, 2.75) is 32.6 Å². The zero-order valence-electron chi connectivity index (χ0n) is 9.96. The fourth-order valence-corrected chi connectivity index (χ4v) is 2.59. The average molecular weight is 300 g/mol. The van der Waals surface area contributed by atoms with Crippen LogP contribution in [0.4, 0.5) is 5.13 Å². The third-order valence-electron chi connectivity index (χ3n) is 2.45. The van der Waals surface area contributed by atoms with Crippen molar-refractivity contribution in [3.63, 3.8) is 0 Å². The van der Waals surface area contributed by atoms with E-state index in [-0.39, 0.29) is 24.8 Å².